The van der Waals surface area contributed by atoms with Gasteiger partial charge < -0.3 is 4.74 Å². The molecular weight excluding hydrogens is 398 g/mol. The van der Waals surface area contributed by atoms with Gasteiger partial charge in [-0.15, -0.1) is 5.54 Å². The number of carbonyl (C=O) groups is 2. The molecule has 1 aliphatic rings. The van der Waals surface area contributed by atoms with Crippen molar-refractivity contribution in [2.75, 3.05) is 6.54 Å². The minimum absolute atomic E-state index is 0.0161. The van der Waals surface area contributed by atoms with Crippen molar-refractivity contribution in [2.24, 2.45) is 5.41 Å². The van der Waals surface area contributed by atoms with Crippen molar-refractivity contribution in [1.82, 2.24) is 4.90 Å². The van der Waals surface area contributed by atoms with Crippen LogP contribution in [0, 0.1) is 16.9 Å². The van der Waals surface area contributed by atoms with E-state index in [-0.39, 0.29) is 22.6 Å². The van der Waals surface area contributed by atoms with Crippen LogP contribution in [0.4, 0.5) is 4.79 Å². The Hall–Kier alpha value is -1.06. The van der Waals surface area contributed by atoms with Gasteiger partial charge >= 0.3 is 6.09 Å². The Labute approximate surface area is 161 Å². The molecule has 1 amide bonds. The van der Waals surface area contributed by atoms with Crippen molar-refractivity contribution in [1.29, 1.82) is 0 Å². The Kier molecular flexibility index (Phi) is 6.74. The Morgan fingerprint density at radius 1 is 1.40 bits per heavy atom. The van der Waals surface area contributed by atoms with Crippen LogP contribution in [0.15, 0.2) is 11.8 Å². The predicted octanol–water partition coefficient (Wildman–Crippen LogP) is 4.75. The van der Waals surface area contributed by atoms with E-state index in [1.807, 2.05) is 34.6 Å². The van der Waals surface area contributed by atoms with Crippen molar-refractivity contribution in [3.05, 3.63) is 11.8 Å². The van der Waals surface area contributed by atoms with E-state index in [0.717, 1.165) is 0 Å². The lowest BCUT2D eigenvalue weighted by Gasteiger charge is -2.39. The van der Waals surface area contributed by atoms with Gasteiger partial charge in [-0.2, -0.15) is 0 Å². The molecule has 0 spiro atoms. The highest BCUT2D eigenvalue weighted by molar-refractivity contribution is 9.09. The number of alkyl halides is 1. The molecule has 1 unspecified atom stereocenters. The van der Waals surface area contributed by atoms with Gasteiger partial charge in [0.1, 0.15) is 13.7 Å². The largest absolute Gasteiger partial charge is 0.443 e. The first kappa shape index (κ1) is 22.0. The summed E-state index contributed by atoms with van der Waals surface area (Å²) in [5, 5.41) is 0. The number of rotatable bonds is 2. The molecule has 0 fully saturated rings. The molecule has 0 aliphatic heterocycles. The lowest BCUT2D eigenvalue weighted by Crippen LogP contribution is -2.44. The molecule has 4 nitrogen and oxygen atoms in total. The SMILES string of the molecule is CC(C)(C)OC(=O)N(CC#C[Si](C)(C)C)C1=CC(=O)CC(C)(C)C1Br. The standard InChI is InChI=1S/C19H30BrNO3Si/c1-18(2,3)24-17(23)21(10-9-11-25(6,7)8)15-12-14(22)13-19(4,5)16(15)20/h12,16H,10,13H2,1-8H3. The molecule has 0 saturated heterocycles. The number of carbonyl (C=O) groups excluding carboxylic acids is 2. The second kappa shape index (κ2) is 7.67. The number of ether oxygens (including phenoxy) is 1. The fourth-order valence-corrected chi connectivity index (χ4v) is 3.56. The summed E-state index contributed by atoms with van der Waals surface area (Å²) in [7, 11) is -1.55. The fraction of sp³-hybridized carbons (Fsp3) is 0.684. The summed E-state index contributed by atoms with van der Waals surface area (Å²) in [6.45, 7) is 16.2. The van der Waals surface area contributed by atoms with E-state index < -0.39 is 19.8 Å². The molecule has 25 heavy (non-hydrogen) atoms. The number of hydrogen-bond donors (Lipinski definition) is 0. The Morgan fingerprint density at radius 3 is 2.44 bits per heavy atom. The molecular formula is C19H30BrNO3Si. The maximum Gasteiger partial charge on any atom is 0.415 e. The third-order valence-electron chi connectivity index (χ3n) is 3.51. The van der Waals surface area contributed by atoms with Crippen LogP contribution in [-0.2, 0) is 9.53 Å². The zero-order valence-corrected chi connectivity index (χ0v) is 19.2. The van der Waals surface area contributed by atoms with Crippen molar-refractivity contribution in [2.45, 2.75) is 71.1 Å². The zero-order valence-electron chi connectivity index (χ0n) is 16.6. The van der Waals surface area contributed by atoms with Gasteiger partial charge in [0.25, 0.3) is 0 Å². The number of amides is 1. The van der Waals surface area contributed by atoms with Crippen LogP contribution in [0.3, 0.4) is 0 Å². The number of ketones is 1. The second-order valence-corrected chi connectivity index (χ2v) is 14.8. The number of halogens is 1. The van der Waals surface area contributed by atoms with E-state index in [1.165, 1.54) is 4.90 Å². The summed E-state index contributed by atoms with van der Waals surface area (Å²) >= 11 is 3.67. The van der Waals surface area contributed by atoms with Gasteiger partial charge in [-0.05, 0) is 26.2 Å². The first-order valence-corrected chi connectivity index (χ1v) is 12.9. The molecule has 1 atom stereocenters. The van der Waals surface area contributed by atoms with Crippen molar-refractivity contribution in [3.63, 3.8) is 0 Å². The third-order valence-corrected chi connectivity index (χ3v) is 6.15. The van der Waals surface area contributed by atoms with Gasteiger partial charge in [-0.3, -0.25) is 9.69 Å². The summed E-state index contributed by atoms with van der Waals surface area (Å²) in [5.41, 5.74) is 3.00. The Bertz CT molecular complexity index is 630. The van der Waals surface area contributed by atoms with E-state index in [0.29, 0.717) is 12.1 Å². The van der Waals surface area contributed by atoms with Crippen LogP contribution >= 0.6 is 15.9 Å². The lowest BCUT2D eigenvalue weighted by atomic mass is 9.78. The topological polar surface area (TPSA) is 46.6 Å². The minimum atomic E-state index is -1.55. The van der Waals surface area contributed by atoms with E-state index in [1.54, 1.807) is 6.08 Å². The van der Waals surface area contributed by atoms with Gasteiger partial charge in [0.15, 0.2) is 5.78 Å². The highest BCUT2D eigenvalue weighted by Crippen LogP contribution is 2.40. The molecule has 0 aromatic heterocycles. The molecule has 1 rings (SSSR count). The van der Waals surface area contributed by atoms with Crippen LogP contribution in [0.5, 0.6) is 0 Å². The summed E-state index contributed by atoms with van der Waals surface area (Å²) < 4.78 is 5.55. The minimum Gasteiger partial charge on any atom is -0.443 e. The summed E-state index contributed by atoms with van der Waals surface area (Å²) in [6.07, 6.45) is 1.51. The number of allylic oxidation sites excluding steroid dienone is 2. The van der Waals surface area contributed by atoms with Crippen LogP contribution in [0.1, 0.15) is 41.0 Å². The summed E-state index contributed by atoms with van der Waals surface area (Å²) in [4.78, 5) is 26.3. The molecule has 6 heteroatoms. The molecule has 0 radical (unpaired) electrons. The third kappa shape index (κ3) is 6.99. The van der Waals surface area contributed by atoms with Gasteiger partial charge in [0, 0.05) is 18.2 Å². The van der Waals surface area contributed by atoms with E-state index in [9.17, 15) is 9.59 Å². The number of hydrogen-bond acceptors (Lipinski definition) is 3. The highest BCUT2D eigenvalue weighted by atomic mass is 79.9. The first-order valence-electron chi connectivity index (χ1n) is 8.51. The normalized spacial score (nSPS) is 20.3. The molecule has 0 saturated carbocycles. The fourth-order valence-electron chi connectivity index (χ4n) is 2.40. The molecule has 0 N–H and O–H groups in total. The van der Waals surface area contributed by atoms with E-state index in [4.69, 9.17) is 4.74 Å². The molecule has 140 valence electrons. The van der Waals surface area contributed by atoms with Gasteiger partial charge in [0.05, 0.1) is 11.4 Å². The van der Waals surface area contributed by atoms with Gasteiger partial charge in [0.2, 0.25) is 0 Å². The van der Waals surface area contributed by atoms with Crippen LogP contribution in [0.2, 0.25) is 19.6 Å². The number of nitrogens with zero attached hydrogens (tertiary/aromatic N) is 1. The predicted molar refractivity (Wildman–Crippen MR) is 108 cm³/mol. The smallest absolute Gasteiger partial charge is 0.415 e. The maximum absolute atomic E-state index is 12.8. The molecule has 0 aromatic rings. The van der Waals surface area contributed by atoms with Crippen LogP contribution in [-0.4, -0.2) is 41.8 Å². The summed E-state index contributed by atoms with van der Waals surface area (Å²) in [5.74, 6) is 3.13. The summed E-state index contributed by atoms with van der Waals surface area (Å²) in [6, 6.07) is 0. The highest BCUT2D eigenvalue weighted by Gasteiger charge is 2.40. The average molecular weight is 428 g/mol. The monoisotopic (exact) mass is 427 g/mol. The van der Waals surface area contributed by atoms with E-state index >= 15 is 0 Å². The second-order valence-electron chi connectivity index (χ2n) is 9.18. The zero-order chi connectivity index (χ0) is 19.6. The van der Waals surface area contributed by atoms with Gasteiger partial charge in [-0.25, -0.2) is 4.79 Å². The Balaban J connectivity index is 3.23. The van der Waals surface area contributed by atoms with E-state index in [2.05, 4.69) is 47.0 Å². The van der Waals surface area contributed by atoms with Crippen LogP contribution in [0.25, 0.3) is 0 Å². The molecule has 0 heterocycles. The molecule has 0 aromatic carbocycles. The molecule has 0 bridgehead atoms. The van der Waals surface area contributed by atoms with Crippen molar-refractivity contribution in [3.8, 4) is 11.5 Å². The first-order chi connectivity index (χ1) is 11.1. The lowest BCUT2D eigenvalue weighted by molar-refractivity contribution is -0.117. The van der Waals surface area contributed by atoms with Crippen molar-refractivity contribution >= 4 is 35.9 Å². The average Bonchev–Trinajstić information content (AvgIpc) is 2.35. The maximum atomic E-state index is 12.8. The van der Waals surface area contributed by atoms with Gasteiger partial charge in [-0.1, -0.05) is 55.3 Å². The quantitative estimate of drug-likeness (QED) is 0.362. The molecule has 1 aliphatic carbocycles. The Morgan fingerprint density at radius 2 is 1.96 bits per heavy atom. The van der Waals surface area contributed by atoms with Crippen LogP contribution < -0.4 is 0 Å². The van der Waals surface area contributed by atoms with Crippen molar-refractivity contribution < 1.29 is 14.3 Å².